The highest BCUT2D eigenvalue weighted by Gasteiger charge is 2.29. The zero-order valence-corrected chi connectivity index (χ0v) is 16.8. The fourth-order valence-electron chi connectivity index (χ4n) is 2.73. The maximum atomic E-state index is 12.9. The van der Waals surface area contributed by atoms with Gasteiger partial charge in [0, 0.05) is 23.6 Å². The first-order valence-corrected chi connectivity index (χ1v) is 11.8. The van der Waals surface area contributed by atoms with Crippen molar-refractivity contribution < 1.29 is 21.6 Å². The number of sulfonamides is 2. The minimum Gasteiger partial charge on any atom is -0.334 e. The number of amides is 1. The Hall–Kier alpha value is -1.01. The van der Waals surface area contributed by atoms with Crippen molar-refractivity contribution in [1.29, 1.82) is 0 Å². The van der Waals surface area contributed by atoms with Crippen LogP contribution < -0.4 is 9.86 Å². The first-order valence-electron chi connectivity index (χ1n) is 7.57. The van der Waals surface area contributed by atoms with Crippen LogP contribution in [0, 0.1) is 0 Å². The smallest absolute Gasteiger partial charge is 0.255 e. The number of nitrogens with one attached hydrogen (secondary N) is 1. The lowest BCUT2D eigenvalue weighted by molar-refractivity contribution is 0.0617. The standard InChI is InChI=1S/C14H20BrN3O5S2/c1-24(20,21)17-9-10-4-2-3-7-18(10)14(19)12-8-11(25(16,22)23)5-6-13(12)15/h5-6,8,10,17H,2-4,7,9H2,1H3,(H2,16,22,23). The summed E-state index contributed by atoms with van der Waals surface area (Å²) in [6, 6.07) is 3.72. The summed E-state index contributed by atoms with van der Waals surface area (Å²) in [7, 11) is -7.30. The number of hydrogen-bond donors (Lipinski definition) is 2. The number of piperidine rings is 1. The molecule has 1 saturated heterocycles. The Morgan fingerprint density at radius 3 is 2.60 bits per heavy atom. The van der Waals surface area contributed by atoms with Gasteiger partial charge in [-0.15, -0.1) is 0 Å². The molecular weight excluding hydrogens is 434 g/mol. The highest BCUT2D eigenvalue weighted by atomic mass is 79.9. The van der Waals surface area contributed by atoms with Gasteiger partial charge in [-0.1, -0.05) is 0 Å². The molecule has 1 heterocycles. The summed E-state index contributed by atoms with van der Waals surface area (Å²) in [6.07, 6.45) is 3.42. The first kappa shape index (κ1) is 20.3. The van der Waals surface area contributed by atoms with Crippen molar-refractivity contribution >= 4 is 41.9 Å². The number of benzene rings is 1. The van der Waals surface area contributed by atoms with Crippen molar-refractivity contribution in [3.8, 4) is 0 Å². The fraction of sp³-hybridized carbons (Fsp3) is 0.500. The third kappa shape index (κ3) is 5.48. The maximum absolute atomic E-state index is 12.9. The normalized spacial score (nSPS) is 19.0. The van der Waals surface area contributed by atoms with E-state index in [1.165, 1.54) is 18.2 Å². The lowest BCUT2D eigenvalue weighted by atomic mass is 10.0. The van der Waals surface area contributed by atoms with Crippen LogP contribution in [0.1, 0.15) is 29.6 Å². The second-order valence-corrected chi connectivity index (χ2v) is 10.2. The molecule has 1 aliphatic heterocycles. The zero-order valence-electron chi connectivity index (χ0n) is 13.6. The summed E-state index contributed by atoms with van der Waals surface area (Å²) in [6.45, 7) is 0.595. The van der Waals surface area contributed by atoms with Gasteiger partial charge in [-0.3, -0.25) is 4.79 Å². The Kier molecular flexibility index (Phi) is 6.26. The summed E-state index contributed by atoms with van der Waals surface area (Å²) in [5.74, 6) is -0.364. The quantitative estimate of drug-likeness (QED) is 0.675. The molecule has 0 aliphatic carbocycles. The molecule has 140 valence electrons. The highest BCUT2D eigenvalue weighted by molar-refractivity contribution is 9.10. The average Bonchev–Trinajstić information content (AvgIpc) is 2.51. The van der Waals surface area contributed by atoms with Crippen molar-refractivity contribution in [2.75, 3.05) is 19.3 Å². The van der Waals surface area contributed by atoms with Crippen LogP contribution >= 0.6 is 15.9 Å². The van der Waals surface area contributed by atoms with Crippen LogP contribution in [0.5, 0.6) is 0 Å². The molecule has 1 fully saturated rings. The van der Waals surface area contributed by atoms with E-state index < -0.39 is 20.0 Å². The SMILES string of the molecule is CS(=O)(=O)NCC1CCCCN1C(=O)c1cc(S(N)(=O)=O)ccc1Br. The number of nitrogens with zero attached hydrogens (tertiary/aromatic N) is 1. The van der Waals surface area contributed by atoms with Crippen LogP contribution in [0.2, 0.25) is 0 Å². The largest absolute Gasteiger partial charge is 0.334 e. The Bertz CT molecular complexity index is 870. The van der Waals surface area contributed by atoms with E-state index in [-0.39, 0.29) is 29.0 Å². The predicted molar refractivity (Wildman–Crippen MR) is 97.0 cm³/mol. The van der Waals surface area contributed by atoms with E-state index in [1.807, 2.05) is 0 Å². The van der Waals surface area contributed by atoms with Crippen LogP contribution in [-0.4, -0.2) is 53.0 Å². The van der Waals surface area contributed by atoms with Crippen molar-refractivity contribution in [2.24, 2.45) is 5.14 Å². The zero-order chi connectivity index (χ0) is 18.8. The molecule has 1 aromatic carbocycles. The molecule has 0 aromatic heterocycles. The number of halogens is 1. The van der Waals surface area contributed by atoms with Gasteiger partial charge >= 0.3 is 0 Å². The lowest BCUT2D eigenvalue weighted by Crippen LogP contribution is -2.49. The molecule has 3 N–H and O–H groups in total. The number of carbonyl (C=O) groups excluding carboxylic acids is 1. The molecular formula is C14H20BrN3O5S2. The fourth-order valence-corrected chi connectivity index (χ4v) is 4.18. The van der Waals surface area contributed by atoms with Gasteiger partial charge in [-0.25, -0.2) is 26.7 Å². The lowest BCUT2D eigenvalue weighted by Gasteiger charge is -2.36. The maximum Gasteiger partial charge on any atom is 0.255 e. The number of primary sulfonamides is 1. The molecule has 0 radical (unpaired) electrons. The minimum absolute atomic E-state index is 0.122. The molecule has 2 rings (SSSR count). The number of carbonyl (C=O) groups is 1. The summed E-state index contributed by atoms with van der Waals surface area (Å²) in [4.78, 5) is 14.3. The Morgan fingerprint density at radius 1 is 1.32 bits per heavy atom. The Labute approximate surface area is 156 Å². The second kappa shape index (κ2) is 7.70. The summed E-state index contributed by atoms with van der Waals surface area (Å²) < 4.78 is 48.6. The van der Waals surface area contributed by atoms with E-state index in [4.69, 9.17) is 5.14 Å². The van der Waals surface area contributed by atoms with Gasteiger partial charge < -0.3 is 4.90 Å². The Balaban J connectivity index is 2.30. The van der Waals surface area contributed by atoms with Gasteiger partial charge in [0.15, 0.2) is 0 Å². The molecule has 0 bridgehead atoms. The molecule has 1 atom stereocenters. The van der Waals surface area contributed by atoms with Crippen LogP contribution in [0.15, 0.2) is 27.6 Å². The van der Waals surface area contributed by atoms with Crippen molar-refractivity contribution in [3.05, 3.63) is 28.2 Å². The van der Waals surface area contributed by atoms with E-state index >= 15 is 0 Å². The van der Waals surface area contributed by atoms with Gasteiger partial charge in [0.05, 0.1) is 16.7 Å². The van der Waals surface area contributed by atoms with Gasteiger partial charge in [0.2, 0.25) is 20.0 Å². The molecule has 1 aliphatic rings. The molecule has 1 unspecified atom stereocenters. The van der Waals surface area contributed by atoms with E-state index in [0.29, 0.717) is 17.4 Å². The third-order valence-corrected chi connectivity index (χ3v) is 6.26. The summed E-state index contributed by atoms with van der Waals surface area (Å²) in [5.41, 5.74) is 0.179. The van der Waals surface area contributed by atoms with Gasteiger partial charge in [0.25, 0.3) is 5.91 Å². The molecule has 25 heavy (non-hydrogen) atoms. The average molecular weight is 454 g/mol. The van der Waals surface area contributed by atoms with Crippen LogP contribution in [-0.2, 0) is 20.0 Å². The van der Waals surface area contributed by atoms with Gasteiger partial charge in [0.1, 0.15) is 0 Å². The molecule has 11 heteroatoms. The van der Waals surface area contributed by atoms with Crippen molar-refractivity contribution in [3.63, 3.8) is 0 Å². The molecule has 0 spiro atoms. The molecule has 8 nitrogen and oxygen atoms in total. The first-order chi connectivity index (χ1) is 11.5. The predicted octanol–water partition coefficient (Wildman–Crippen LogP) is 0.640. The second-order valence-electron chi connectivity index (χ2n) is 5.96. The number of likely N-dealkylation sites (tertiary alicyclic amines) is 1. The highest BCUT2D eigenvalue weighted by Crippen LogP contribution is 2.25. The van der Waals surface area contributed by atoms with Crippen LogP contribution in [0.25, 0.3) is 0 Å². The summed E-state index contributed by atoms with van der Waals surface area (Å²) in [5, 5.41) is 5.13. The molecule has 1 amide bonds. The van der Waals surface area contributed by atoms with Crippen molar-refractivity contribution in [2.45, 2.75) is 30.2 Å². The number of nitrogens with two attached hydrogens (primary N) is 1. The Morgan fingerprint density at radius 2 is 2.00 bits per heavy atom. The van der Waals surface area contributed by atoms with Crippen LogP contribution in [0.3, 0.4) is 0 Å². The molecule has 0 saturated carbocycles. The van der Waals surface area contributed by atoms with E-state index in [9.17, 15) is 21.6 Å². The van der Waals surface area contributed by atoms with E-state index in [0.717, 1.165) is 19.1 Å². The van der Waals surface area contributed by atoms with Crippen LogP contribution in [0.4, 0.5) is 0 Å². The van der Waals surface area contributed by atoms with E-state index in [2.05, 4.69) is 20.7 Å². The van der Waals surface area contributed by atoms with Gasteiger partial charge in [-0.2, -0.15) is 0 Å². The number of rotatable bonds is 5. The monoisotopic (exact) mass is 453 g/mol. The summed E-state index contributed by atoms with van der Waals surface area (Å²) >= 11 is 3.26. The van der Waals surface area contributed by atoms with Gasteiger partial charge in [-0.05, 0) is 53.4 Å². The third-order valence-electron chi connectivity index (χ3n) is 3.97. The topological polar surface area (TPSA) is 127 Å². The number of hydrogen-bond acceptors (Lipinski definition) is 5. The minimum atomic E-state index is -3.93. The van der Waals surface area contributed by atoms with E-state index in [1.54, 1.807) is 4.90 Å². The van der Waals surface area contributed by atoms with Crippen molar-refractivity contribution in [1.82, 2.24) is 9.62 Å². The molecule has 1 aromatic rings.